The zero-order chi connectivity index (χ0) is 13.0. The fourth-order valence-electron chi connectivity index (χ4n) is 1.24. The Morgan fingerprint density at radius 1 is 1.47 bits per heavy atom. The van der Waals surface area contributed by atoms with Crippen LogP contribution in [0.15, 0.2) is 18.2 Å². The van der Waals surface area contributed by atoms with Crippen molar-refractivity contribution in [3.63, 3.8) is 0 Å². The SMILES string of the molecule is CCC(OC(=O)c1cccc(N)c1Cl)C(N)=O. The molecule has 17 heavy (non-hydrogen) atoms. The van der Waals surface area contributed by atoms with E-state index in [9.17, 15) is 9.59 Å². The number of nitrogen functional groups attached to an aromatic ring is 1. The number of rotatable bonds is 4. The number of anilines is 1. The van der Waals surface area contributed by atoms with Gasteiger partial charge in [-0.05, 0) is 18.6 Å². The Hall–Kier alpha value is -1.75. The Morgan fingerprint density at radius 3 is 2.65 bits per heavy atom. The van der Waals surface area contributed by atoms with Gasteiger partial charge < -0.3 is 16.2 Å². The molecule has 4 N–H and O–H groups in total. The van der Waals surface area contributed by atoms with E-state index < -0.39 is 18.0 Å². The first kappa shape index (κ1) is 13.3. The molecule has 0 bridgehead atoms. The lowest BCUT2D eigenvalue weighted by molar-refractivity contribution is -0.126. The van der Waals surface area contributed by atoms with Crippen molar-refractivity contribution in [3.05, 3.63) is 28.8 Å². The molecular formula is C11H13ClN2O3. The maximum Gasteiger partial charge on any atom is 0.340 e. The maximum atomic E-state index is 11.7. The molecule has 0 radical (unpaired) electrons. The highest BCUT2D eigenvalue weighted by atomic mass is 35.5. The van der Waals surface area contributed by atoms with E-state index in [0.717, 1.165) is 0 Å². The molecule has 0 aliphatic carbocycles. The summed E-state index contributed by atoms with van der Waals surface area (Å²) >= 11 is 5.85. The first-order chi connectivity index (χ1) is 7.97. The van der Waals surface area contributed by atoms with Crippen molar-refractivity contribution < 1.29 is 14.3 Å². The van der Waals surface area contributed by atoms with E-state index >= 15 is 0 Å². The number of halogens is 1. The lowest BCUT2D eigenvalue weighted by Crippen LogP contribution is -2.32. The number of nitrogens with two attached hydrogens (primary N) is 2. The molecule has 1 atom stereocenters. The van der Waals surface area contributed by atoms with E-state index in [1.165, 1.54) is 6.07 Å². The van der Waals surface area contributed by atoms with Gasteiger partial charge in [-0.3, -0.25) is 4.79 Å². The van der Waals surface area contributed by atoms with Crippen molar-refractivity contribution in [2.24, 2.45) is 5.73 Å². The molecule has 0 saturated carbocycles. The molecule has 1 aromatic carbocycles. The molecule has 1 amide bonds. The second-order valence-electron chi connectivity index (χ2n) is 3.41. The van der Waals surface area contributed by atoms with E-state index in [4.69, 9.17) is 27.8 Å². The number of carbonyl (C=O) groups is 2. The monoisotopic (exact) mass is 256 g/mol. The number of hydrogen-bond donors (Lipinski definition) is 2. The van der Waals surface area contributed by atoms with Gasteiger partial charge in [-0.2, -0.15) is 0 Å². The summed E-state index contributed by atoms with van der Waals surface area (Å²) in [6, 6.07) is 4.60. The number of benzene rings is 1. The first-order valence-electron chi connectivity index (χ1n) is 5.01. The third-order valence-electron chi connectivity index (χ3n) is 2.19. The van der Waals surface area contributed by atoms with Crippen LogP contribution in [0.4, 0.5) is 5.69 Å². The third kappa shape index (κ3) is 3.10. The molecule has 0 spiro atoms. The number of ether oxygens (including phenoxy) is 1. The molecule has 5 nitrogen and oxygen atoms in total. The van der Waals surface area contributed by atoms with Gasteiger partial charge in [0.25, 0.3) is 5.91 Å². The predicted octanol–water partition coefficient (Wildman–Crippen LogP) is 1.34. The standard InChI is InChI=1S/C11H13ClN2O3/c1-2-8(10(14)15)17-11(16)6-4-3-5-7(13)9(6)12/h3-5,8H,2,13H2,1H3,(H2,14,15). The molecule has 92 valence electrons. The number of carbonyl (C=O) groups excluding carboxylic acids is 2. The smallest absolute Gasteiger partial charge is 0.340 e. The van der Waals surface area contributed by atoms with Crippen LogP contribution in [-0.4, -0.2) is 18.0 Å². The Bertz CT molecular complexity index is 448. The maximum absolute atomic E-state index is 11.7. The zero-order valence-electron chi connectivity index (χ0n) is 9.27. The van der Waals surface area contributed by atoms with E-state index in [0.29, 0.717) is 6.42 Å². The van der Waals surface area contributed by atoms with E-state index in [2.05, 4.69) is 0 Å². The molecule has 0 saturated heterocycles. The Labute approximate surface area is 104 Å². The summed E-state index contributed by atoms with van der Waals surface area (Å²) in [5.41, 5.74) is 11.0. The topological polar surface area (TPSA) is 95.4 Å². The zero-order valence-corrected chi connectivity index (χ0v) is 10.0. The summed E-state index contributed by atoms with van der Waals surface area (Å²) in [5, 5.41) is 0.108. The van der Waals surface area contributed by atoms with Crippen LogP contribution in [0.1, 0.15) is 23.7 Å². The minimum absolute atomic E-state index is 0.108. The second kappa shape index (κ2) is 5.54. The quantitative estimate of drug-likeness (QED) is 0.628. The highest BCUT2D eigenvalue weighted by Gasteiger charge is 2.21. The highest BCUT2D eigenvalue weighted by Crippen LogP contribution is 2.24. The summed E-state index contributed by atoms with van der Waals surface area (Å²) < 4.78 is 4.93. The third-order valence-corrected chi connectivity index (χ3v) is 2.61. The van der Waals surface area contributed by atoms with Crippen molar-refractivity contribution >= 4 is 29.2 Å². The fourth-order valence-corrected chi connectivity index (χ4v) is 1.45. The average Bonchev–Trinajstić information content (AvgIpc) is 2.28. The van der Waals surface area contributed by atoms with Crippen molar-refractivity contribution in [2.45, 2.75) is 19.4 Å². The van der Waals surface area contributed by atoms with Crippen LogP contribution in [-0.2, 0) is 9.53 Å². The van der Waals surface area contributed by atoms with Crippen LogP contribution >= 0.6 is 11.6 Å². The van der Waals surface area contributed by atoms with Gasteiger partial charge in [-0.1, -0.05) is 24.6 Å². The second-order valence-corrected chi connectivity index (χ2v) is 3.79. The Kier molecular flexibility index (Phi) is 4.34. The molecule has 1 rings (SSSR count). The van der Waals surface area contributed by atoms with Crippen molar-refractivity contribution in [1.29, 1.82) is 0 Å². The van der Waals surface area contributed by atoms with Crippen LogP contribution in [0.2, 0.25) is 5.02 Å². The minimum Gasteiger partial charge on any atom is -0.449 e. The van der Waals surface area contributed by atoms with Gasteiger partial charge in [0.2, 0.25) is 0 Å². The molecule has 1 unspecified atom stereocenters. The average molecular weight is 257 g/mol. The largest absolute Gasteiger partial charge is 0.449 e. The number of hydrogen-bond acceptors (Lipinski definition) is 4. The molecular weight excluding hydrogens is 244 g/mol. The summed E-state index contributed by atoms with van der Waals surface area (Å²) in [6.07, 6.45) is -0.652. The Balaban J connectivity index is 2.90. The van der Waals surface area contributed by atoms with E-state index in [1.54, 1.807) is 19.1 Å². The number of primary amides is 1. The van der Waals surface area contributed by atoms with Crippen LogP contribution < -0.4 is 11.5 Å². The van der Waals surface area contributed by atoms with Gasteiger partial charge in [0.15, 0.2) is 6.10 Å². The van der Waals surface area contributed by atoms with Crippen molar-refractivity contribution in [2.75, 3.05) is 5.73 Å². The summed E-state index contributed by atoms with van der Waals surface area (Å²) in [4.78, 5) is 22.7. The molecule has 0 fully saturated rings. The molecule has 0 aromatic heterocycles. The van der Waals surface area contributed by atoms with Gasteiger partial charge in [0, 0.05) is 0 Å². The lowest BCUT2D eigenvalue weighted by Gasteiger charge is -2.13. The number of amides is 1. The van der Waals surface area contributed by atoms with Crippen LogP contribution in [0.3, 0.4) is 0 Å². The van der Waals surface area contributed by atoms with Crippen molar-refractivity contribution in [1.82, 2.24) is 0 Å². The van der Waals surface area contributed by atoms with Gasteiger partial charge in [-0.15, -0.1) is 0 Å². The van der Waals surface area contributed by atoms with Crippen LogP contribution in [0.25, 0.3) is 0 Å². The summed E-state index contributed by atoms with van der Waals surface area (Å²) in [6.45, 7) is 1.68. The minimum atomic E-state index is -0.958. The van der Waals surface area contributed by atoms with E-state index in [-0.39, 0.29) is 16.3 Å². The molecule has 6 heteroatoms. The van der Waals surface area contributed by atoms with E-state index in [1.807, 2.05) is 0 Å². The molecule has 1 aromatic rings. The van der Waals surface area contributed by atoms with Gasteiger partial charge in [0.1, 0.15) is 0 Å². The van der Waals surface area contributed by atoms with Crippen LogP contribution in [0.5, 0.6) is 0 Å². The lowest BCUT2D eigenvalue weighted by atomic mass is 10.2. The Morgan fingerprint density at radius 2 is 2.12 bits per heavy atom. The van der Waals surface area contributed by atoms with Gasteiger partial charge in [-0.25, -0.2) is 4.79 Å². The van der Waals surface area contributed by atoms with Gasteiger partial charge >= 0.3 is 5.97 Å². The van der Waals surface area contributed by atoms with Gasteiger partial charge in [0.05, 0.1) is 16.3 Å². The molecule has 0 aliphatic rings. The number of esters is 1. The fraction of sp³-hybridized carbons (Fsp3) is 0.273. The molecule has 0 aliphatic heterocycles. The predicted molar refractivity (Wildman–Crippen MR) is 64.6 cm³/mol. The first-order valence-corrected chi connectivity index (χ1v) is 5.39. The normalized spacial score (nSPS) is 11.9. The molecule has 0 heterocycles. The summed E-state index contributed by atoms with van der Waals surface area (Å²) in [5.74, 6) is -1.41. The highest BCUT2D eigenvalue weighted by molar-refractivity contribution is 6.36. The summed E-state index contributed by atoms with van der Waals surface area (Å²) in [7, 11) is 0. The van der Waals surface area contributed by atoms with Crippen molar-refractivity contribution in [3.8, 4) is 0 Å². The van der Waals surface area contributed by atoms with Crippen LogP contribution in [0, 0.1) is 0 Å².